The number of rotatable bonds is 2. The third-order valence-corrected chi connectivity index (χ3v) is 3.10. The van der Waals surface area contributed by atoms with Gasteiger partial charge >= 0.3 is 0 Å². The summed E-state index contributed by atoms with van der Waals surface area (Å²) in [5.41, 5.74) is 10.9. The summed E-state index contributed by atoms with van der Waals surface area (Å²) in [6.07, 6.45) is 1.74. The van der Waals surface area contributed by atoms with Crippen molar-refractivity contribution in [2.45, 2.75) is 6.92 Å². The number of pyridine rings is 1. The molecule has 0 aliphatic rings. The van der Waals surface area contributed by atoms with E-state index in [1.807, 2.05) is 36.4 Å². The zero-order valence-corrected chi connectivity index (χ0v) is 10.7. The van der Waals surface area contributed by atoms with E-state index in [2.05, 4.69) is 29.4 Å². The maximum atomic E-state index is 5.97. The van der Waals surface area contributed by atoms with Gasteiger partial charge in [0.25, 0.3) is 0 Å². The van der Waals surface area contributed by atoms with E-state index in [9.17, 15) is 0 Å². The Morgan fingerprint density at radius 2 is 1.89 bits per heavy atom. The molecule has 3 N–H and O–H groups in total. The summed E-state index contributed by atoms with van der Waals surface area (Å²) >= 11 is 0. The molecule has 0 radical (unpaired) electrons. The van der Waals surface area contributed by atoms with Gasteiger partial charge in [-0.1, -0.05) is 24.3 Å². The number of nitrogens with zero attached hydrogens (tertiary/aromatic N) is 1. The maximum absolute atomic E-state index is 5.97. The van der Waals surface area contributed by atoms with Crippen LogP contribution in [0.25, 0.3) is 10.9 Å². The van der Waals surface area contributed by atoms with E-state index >= 15 is 0 Å². The molecule has 2 aromatic carbocycles. The lowest BCUT2D eigenvalue weighted by atomic mass is 10.1. The average molecular weight is 249 g/mol. The molecule has 19 heavy (non-hydrogen) atoms. The van der Waals surface area contributed by atoms with Crippen LogP contribution in [0.1, 0.15) is 5.56 Å². The standard InChI is InChI=1S/C16H15N3/c1-11-4-2-5-12(10-11)19-15-7-3-6-13-14(17)8-9-18-16(13)15/h2-10,19H,1H3,(H2,17,18). The Labute approximate surface area is 112 Å². The Kier molecular flexibility index (Phi) is 2.80. The first kappa shape index (κ1) is 11.5. The third kappa shape index (κ3) is 2.22. The molecule has 0 aliphatic heterocycles. The van der Waals surface area contributed by atoms with Gasteiger partial charge in [0.05, 0.1) is 11.2 Å². The molecule has 3 aromatic rings. The fraction of sp³-hybridized carbons (Fsp3) is 0.0625. The van der Waals surface area contributed by atoms with Crippen LogP contribution in [-0.4, -0.2) is 4.98 Å². The monoisotopic (exact) mass is 249 g/mol. The first-order valence-corrected chi connectivity index (χ1v) is 6.21. The van der Waals surface area contributed by atoms with Crippen molar-refractivity contribution in [2.75, 3.05) is 11.1 Å². The maximum Gasteiger partial charge on any atom is 0.0957 e. The molecule has 3 heteroatoms. The summed E-state index contributed by atoms with van der Waals surface area (Å²) in [5.74, 6) is 0. The Morgan fingerprint density at radius 3 is 2.74 bits per heavy atom. The van der Waals surface area contributed by atoms with Crippen LogP contribution in [0, 0.1) is 6.92 Å². The summed E-state index contributed by atoms with van der Waals surface area (Å²) in [6.45, 7) is 2.07. The van der Waals surface area contributed by atoms with Crippen LogP contribution in [0.3, 0.4) is 0 Å². The van der Waals surface area contributed by atoms with Crippen molar-refractivity contribution in [3.63, 3.8) is 0 Å². The van der Waals surface area contributed by atoms with Gasteiger partial charge in [0.2, 0.25) is 0 Å². The first-order valence-electron chi connectivity index (χ1n) is 6.21. The minimum Gasteiger partial charge on any atom is -0.398 e. The van der Waals surface area contributed by atoms with Gasteiger partial charge in [-0.25, -0.2) is 0 Å². The number of anilines is 3. The van der Waals surface area contributed by atoms with Gasteiger partial charge in [-0.3, -0.25) is 4.98 Å². The molecule has 0 amide bonds. The van der Waals surface area contributed by atoms with Crippen molar-refractivity contribution in [1.82, 2.24) is 4.98 Å². The number of benzene rings is 2. The lowest BCUT2D eigenvalue weighted by Gasteiger charge is -2.10. The van der Waals surface area contributed by atoms with E-state index in [1.165, 1.54) is 5.56 Å². The van der Waals surface area contributed by atoms with Crippen molar-refractivity contribution in [3.8, 4) is 0 Å². The Hall–Kier alpha value is -2.55. The molecule has 94 valence electrons. The molecule has 0 atom stereocenters. The second kappa shape index (κ2) is 4.61. The molecule has 0 spiro atoms. The topological polar surface area (TPSA) is 50.9 Å². The van der Waals surface area contributed by atoms with Crippen LogP contribution in [0.5, 0.6) is 0 Å². The number of hydrogen-bond acceptors (Lipinski definition) is 3. The lowest BCUT2D eigenvalue weighted by Crippen LogP contribution is -1.95. The van der Waals surface area contributed by atoms with E-state index in [0.717, 1.165) is 28.0 Å². The Balaban J connectivity index is 2.08. The van der Waals surface area contributed by atoms with Gasteiger partial charge in [0.15, 0.2) is 0 Å². The normalized spacial score (nSPS) is 10.6. The van der Waals surface area contributed by atoms with E-state index in [-0.39, 0.29) is 0 Å². The smallest absolute Gasteiger partial charge is 0.0957 e. The fourth-order valence-electron chi connectivity index (χ4n) is 2.18. The minimum atomic E-state index is 0.748. The van der Waals surface area contributed by atoms with Crippen molar-refractivity contribution in [3.05, 3.63) is 60.3 Å². The molecular formula is C16H15N3. The Morgan fingerprint density at radius 1 is 1.05 bits per heavy atom. The minimum absolute atomic E-state index is 0.748. The van der Waals surface area contributed by atoms with Crippen molar-refractivity contribution in [2.24, 2.45) is 0 Å². The number of hydrogen-bond donors (Lipinski definition) is 2. The predicted octanol–water partition coefficient (Wildman–Crippen LogP) is 3.87. The second-order valence-corrected chi connectivity index (χ2v) is 4.60. The summed E-state index contributed by atoms with van der Waals surface area (Å²) in [4.78, 5) is 4.42. The number of aromatic nitrogens is 1. The van der Waals surface area contributed by atoms with Gasteiger partial charge in [0, 0.05) is 23.0 Å². The molecule has 0 saturated carbocycles. The zero-order valence-electron chi connectivity index (χ0n) is 10.7. The highest BCUT2D eigenvalue weighted by Gasteiger charge is 2.04. The largest absolute Gasteiger partial charge is 0.398 e. The van der Waals surface area contributed by atoms with Crippen LogP contribution in [0.4, 0.5) is 17.1 Å². The zero-order chi connectivity index (χ0) is 13.2. The van der Waals surface area contributed by atoms with E-state index in [4.69, 9.17) is 5.73 Å². The molecule has 1 aromatic heterocycles. The number of aryl methyl sites for hydroxylation is 1. The third-order valence-electron chi connectivity index (χ3n) is 3.10. The molecule has 0 saturated heterocycles. The van der Waals surface area contributed by atoms with Crippen molar-refractivity contribution < 1.29 is 0 Å². The van der Waals surface area contributed by atoms with Crippen molar-refractivity contribution in [1.29, 1.82) is 0 Å². The summed E-state index contributed by atoms with van der Waals surface area (Å²) in [6, 6.07) is 16.0. The molecule has 0 fully saturated rings. The highest BCUT2D eigenvalue weighted by Crippen LogP contribution is 2.27. The molecule has 1 heterocycles. The summed E-state index contributed by atoms with van der Waals surface area (Å²) in [7, 11) is 0. The number of nitrogens with two attached hydrogens (primary N) is 1. The van der Waals surface area contributed by atoms with E-state index in [0.29, 0.717) is 0 Å². The fourth-order valence-corrected chi connectivity index (χ4v) is 2.18. The highest BCUT2D eigenvalue weighted by molar-refractivity contribution is 5.98. The number of nitrogens with one attached hydrogen (secondary N) is 1. The van der Waals surface area contributed by atoms with Crippen LogP contribution in [0.2, 0.25) is 0 Å². The molecule has 0 aliphatic carbocycles. The van der Waals surface area contributed by atoms with Gasteiger partial charge in [0.1, 0.15) is 0 Å². The summed E-state index contributed by atoms with van der Waals surface area (Å²) in [5, 5.41) is 4.37. The molecule has 3 nitrogen and oxygen atoms in total. The number of nitrogen functional groups attached to an aromatic ring is 1. The molecule has 3 rings (SSSR count). The first-order chi connectivity index (χ1) is 9.24. The van der Waals surface area contributed by atoms with Gasteiger partial charge in [-0.15, -0.1) is 0 Å². The van der Waals surface area contributed by atoms with Gasteiger partial charge in [-0.2, -0.15) is 0 Å². The van der Waals surface area contributed by atoms with Crippen LogP contribution in [-0.2, 0) is 0 Å². The molecular weight excluding hydrogens is 234 g/mol. The van der Waals surface area contributed by atoms with Crippen LogP contribution in [0.15, 0.2) is 54.7 Å². The molecule has 0 bridgehead atoms. The van der Waals surface area contributed by atoms with Crippen molar-refractivity contribution >= 4 is 28.0 Å². The van der Waals surface area contributed by atoms with Gasteiger partial charge < -0.3 is 11.1 Å². The molecule has 0 unspecified atom stereocenters. The number of para-hydroxylation sites is 1. The summed E-state index contributed by atoms with van der Waals surface area (Å²) < 4.78 is 0. The highest BCUT2D eigenvalue weighted by atomic mass is 14.9. The lowest BCUT2D eigenvalue weighted by molar-refractivity contribution is 1.40. The second-order valence-electron chi connectivity index (χ2n) is 4.60. The SMILES string of the molecule is Cc1cccc(Nc2cccc3c(N)ccnc23)c1. The van der Waals surface area contributed by atoms with E-state index < -0.39 is 0 Å². The van der Waals surface area contributed by atoms with Gasteiger partial charge in [-0.05, 0) is 36.8 Å². The predicted molar refractivity (Wildman–Crippen MR) is 80.6 cm³/mol. The Bertz CT molecular complexity index is 735. The average Bonchev–Trinajstić information content (AvgIpc) is 2.40. The van der Waals surface area contributed by atoms with Crippen LogP contribution < -0.4 is 11.1 Å². The van der Waals surface area contributed by atoms with Crippen LogP contribution >= 0.6 is 0 Å². The quantitative estimate of drug-likeness (QED) is 0.725. The number of fused-ring (bicyclic) bond motifs is 1. The van der Waals surface area contributed by atoms with E-state index in [1.54, 1.807) is 6.20 Å².